The van der Waals surface area contributed by atoms with Crippen LogP contribution in [0.3, 0.4) is 0 Å². The summed E-state index contributed by atoms with van der Waals surface area (Å²) in [6, 6.07) is 3.25. The highest BCUT2D eigenvalue weighted by Crippen LogP contribution is 2.32. The highest BCUT2D eigenvalue weighted by molar-refractivity contribution is 7.84. The summed E-state index contributed by atoms with van der Waals surface area (Å²) in [5.74, 6) is 0.259. The van der Waals surface area contributed by atoms with E-state index in [2.05, 4.69) is 4.72 Å². The Morgan fingerprint density at radius 1 is 1.36 bits per heavy atom. The van der Waals surface area contributed by atoms with Gasteiger partial charge in [0.25, 0.3) is 6.43 Å². The number of ether oxygens (including phenoxy) is 1. The topological polar surface area (TPSA) is 38.3 Å². The zero-order chi connectivity index (χ0) is 17.1. The maximum Gasteiger partial charge on any atom is 0.272 e. The van der Waals surface area contributed by atoms with Crippen LogP contribution >= 0.6 is 11.6 Å². The van der Waals surface area contributed by atoms with Crippen LogP contribution in [0.25, 0.3) is 0 Å². The van der Waals surface area contributed by atoms with Crippen LogP contribution < -0.4 is 9.46 Å². The molecule has 0 amide bonds. The maximum absolute atomic E-state index is 12.2. The van der Waals surface area contributed by atoms with Crippen LogP contribution in [0, 0.1) is 6.92 Å². The first-order chi connectivity index (χ1) is 10.0. The largest absolute Gasteiger partial charge is 0.486 e. The summed E-state index contributed by atoms with van der Waals surface area (Å²) in [7, 11) is -1.22. The minimum absolute atomic E-state index is 0.194. The molecule has 22 heavy (non-hydrogen) atoms. The van der Waals surface area contributed by atoms with Crippen LogP contribution in [0.4, 0.5) is 8.78 Å². The Morgan fingerprint density at radius 3 is 2.41 bits per heavy atom. The number of aryl methyl sites for hydroxylation is 1. The van der Waals surface area contributed by atoms with Gasteiger partial charge in [-0.05, 0) is 51.8 Å². The second-order valence-electron chi connectivity index (χ2n) is 6.07. The van der Waals surface area contributed by atoms with Crippen molar-refractivity contribution in [1.29, 1.82) is 0 Å². The van der Waals surface area contributed by atoms with Gasteiger partial charge in [-0.2, -0.15) is 0 Å². The minimum atomic E-state index is -2.55. The lowest BCUT2D eigenvalue weighted by Crippen LogP contribution is -2.34. The first-order valence-corrected chi connectivity index (χ1v) is 8.44. The summed E-state index contributed by atoms with van der Waals surface area (Å²) in [6.45, 7) is 8.55. The van der Waals surface area contributed by atoms with E-state index >= 15 is 0 Å². The normalized spacial score (nSPS) is 15.0. The summed E-state index contributed by atoms with van der Waals surface area (Å²) in [6.07, 6.45) is -2.55. The summed E-state index contributed by atoms with van der Waals surface area (Å²) in [5, 5.41) is 0.269. The van der Waals surface area contributed by atoms with Gasteiger partial charge in [0, 0.05) is 6.04 Å². The van der Waals surface area contributed by atoms with Crippen molar-refractivity contribution >= 4 is 22.6 Å². The quantitative estimate of drug-likeness (QED) is 0.822. The van der Waals surface area contributed by atoms with E-state index in [1.54, 1.807) is 19.1 Å². The van der Waals surface area contributed by atoms with Gasteiger partial charge in [-0.15, -0.1) is 0 Å². The Morgan fingerprint density at radius 2 is 1.95 bits per heavy atom. The molecule has 0 aliphatic carbocycles. The molecule has 2 atom stereocenters. The van der Waals surface area contributed by atoms with Crippen LogP contribution in [-0.2, 0) is 11.0 Å². The van der Waals surface area contributed by atoms with Gasteiger partial charge in [-0.25, -0.2) is 17.7 Å². The zero-order valence-corrected chi connectivity index (χ0v) is 14.9. The lowest BCUT2D eigenvalue weighted by Gasteiger charge is -2.23. The summed E-state index contributed by atoms with van der Waals surface area (Å²) < 4.78 is 44.3. The standard InChI is InChI=1S/C15H22ClF2NO2S/c1-9-6-11(10(2)19-22(20)15(3,4)5)7-12(16)14(9)21-8-13(17)18/h6-7,10,13,19H,8H2,1-5H3. The first kappa shape index (κ1) is 19.3. The van der Waals surface area contributed by atoms with E-state index in [1.165, 1.54) is 0 Å². The molecule has 0 radical (unpaired) electrons. The van der Waals surface area contributed by atoms with Crippen molar-refractivity contribution in [1.82, 2.24) is 4.72 Å². The molecule has 126 valence electrons. The molecule has 0 aliphatic heterocycles. The Bertz CT molecular complexity index is 524. The van der Waals surface area contributed by atoms with Gasteiger partial charge in [-0.1, -0.05) is 17.7 Å². The minimum Gasteiger partial charge on any atom is -0.486 e. The van der Waals surface area contributed by atoms with Gasteiger partial charge in [-0.3, -0.25) is 0 Å². The third-order valence-electron chi connectivity index (χ3n) is 2.95. The fraction of sp³-hybridized carbons (Fsp3) is 0.600. The number of hydrogen-bond donors (Lipinski definition) is 1. The van der Waals surface area contributed by atoms with E-state index in [1.807, 2.05) is 27.7 Å². The van der Waals surface area contributed by atoms with Gasteiger partial charge >= 0.3 is 0 Å². The third-order valence-corrected chi connectivity index (χ3v) is 4.91. The molecule has 0 aromatic heterocycles. The van der Waals surface area contributed by atoms with E-state index in [9.17, 15) is 13.0 Å². The molecule has 1 N–H and O–H groups in total. The molecule has 1 aromatic carbocycles. The second kappa shape index (κ2) is 7.70. The molecule has 7 heteroatoms. The van der Waals surface area contributed by atoms with E-state index in [4.69, 9.17) is 16.3 Å². The molecule has 0 saturated carbocycles. The van der Waals surface area contributed by atoms with Crippen LogP contribution in [0.1, 0.15) is 44.9 Å². The Kier molecular flexibility index (Phi) is 6.77. The Hall–Kier alpha value is -0.720. The highest BCUT2D eigenvalue weighted by Gasteiger charge is 2.22. The lowest BCUT2D eigenvalue weighted by atomic mass is 10.1. The Balaban J connectivity index is 2.91. The van der Waals surface area contributed by atoms with Crippen molar-refractivity contribution < 1.29 is 17.7 Å². The molecule has 2 unspecified atom stereocenters. The molecule has 1 rings (SSSR count). The molecule has 0 fully saturated rings. The van der Waals surface area contributed by atoms with Crippen LogP contribution in [-0.4, -0.2) is 22.0 Å². The molecule has 0 heterocycles. The summed E-state index contributed by atoms with van der Waals surface area (Å²) >= 11 is 6.12. The summed E-state index contributed by atoms with van der Waals surface area (Å²) in [5.41, 5.74) is 1.49. The van der Waals surface area contributed by atoms with Crippen molar-refractivity contribution in [2.45, 2.75) is 51.8 Å². The number of benzene rings is 1. The van der Waals surface area contributed by atoms with E-state index < -0.39 is 24.0 Å². The number of hydrogen-bond acceptors (Lipinski definition) is 2. The SMILES string of the molecule is Cc1cc(C(C)NS(=O)C(C)(C)C)cc(Cl)c1OCC(F)F. The first-order valence-electron chi connectivity index (χ1n) is 6.91. The van der Waals surface area contributed by atoms with Gasteiger partial charge < -0.3 is 4.74 Å². The number of alkyl halides is 2. The molecule has 0 aliphatic rings. The van der Waals surface area contributed by atoms with Crippen LogP contribution in [0.5, 0.6) is 5.75 Å². The van der Waals surface area contributed by atoms with Crippen molar-refractivity contribution in [3.05, 3.63) is 28.3 Å². The predicted octanol–water partition coefficient (Wildman–Crippen LogP) is 4.41. The van der Waals surface area contributed by atoms with E-state index in [0.717, 1.165) is 5.56 Å². The smallest absolute Gasteiger partial charge is 0.272 e. The molecular weight excluding hydrogens is 332 g/mol. The molecule has 0 bridgehead atoms. The average molecular weight is 354 g/mol. The van der Waals surface area contributed by atoms with Gasteiger partial charge in [0.1, 0.15) is 12.4 Å². The van der Waals surface area contributed by atoms with Gasteiger partial charge in [0.2, 0.25) is 0 Å². The van der Waals surface area contributed by atoms with Crippen molar-refractivity contribution in [3.63, 3.8) is 0 Å². The fourth-order valence-electron chi connectivity index (χ4n) is 1.74. The predicted molar refractivity (Wildman–Crippen MR) is 87.1 cm³/mol. The third kappa shape index (κ3) is 5.48. The molecule has 3 nitrogen and oxygen atoms in total. The van der Waals surface area contributed by atoms with Crippen molar-refractivity contribution in [3.8, 4) is 5.75 Å². The van der Waals surface area contributed by atoms with Crippen LogP contribution in [0.15, 0.2) is 12.1 Å². The molecular formula is C15H22ClF2NO2S. The Labute approximate surface area is 138 Å². The molecule has 0 saturated heterocycles. The number of nitrogens with one attached hydrogen (secondary N) is 1. The van der Waals surface area contributed by atoms with E-state index in [-0.39, 0.29) is 21.6 Å². The number of rotatable bonds is 6. The zero-order valence-electron chi connectivity index (χ0n) is 13.4. The van der Waals surface area contributed by atoms with Crippen molar-refractivity contribution in [2.24, 2.45) is 0 Å². The average Bonchev–Trinajstić information content (AvgIpc) is 2.35. The fourth-order valence-corrected chi connectivity index (χ4v) is 2.88. The second-order valence-corrected chi connectivity index (χ2v) is 8.48. The lowest BCUT2D eigenvalue weighted by molar-refractivity contribution is 0.0816. The summed E-state index contributed by atoms with van der Waals surface area (Å²) in [4.78, 5) is 0. The monoisotopic (exact) mass is 353 g/mol. The molecule has 1 aromatic rings. The van der Waals surface area contributed by atoms with Gasteiger partial charge in [0.15, 0.2) is 0 Å². The van der Waals surface area contributed by atoms with Crippen LogP contribution in [0.2, 0.25) is 5.02 Å². The van der Waals surface area contributed by atoms with E-state index in [0.29, 0.717) is 5.56 Å². The van der Waals surface area contributed by atoms with Crippen molar-refractivity contribution in [2.75, 3.05) is 6.61 Å². The molecule has 0 spiro atoms. The number of halogens is 3. The van der Waals surface area contributed by atoms with Gasteiger partial charge in [0.05, 0.1) is 20.8 Å². The highest BCUT2D eigenvalue weighted by atomic mass is 35.5. The maximum atomic E-state index is 12.2.